The number of carbonyl (C=O) groups excluding carboxylic acids is 1. The highest BCUT2D eigenvalue weighted by Gasteiger charge is 2.12. The van der Waals surface area contributed by atoms with Crippen LogP contribution in [0.25, 0.3) is 10.9 Å². The normalized spacial score (nSPS) is 11.0. The highest BCUT2D eigenvalue weighted by Crippen LogP contribution is 2.31. The molecule has 1 aromatic heterocycles. The van der Waals surface area contributed by atoms with Crippen molar-refractivity contribution in [3.8, 4) is 0 Å². The molecule has 0 aliphatic rings. The van der Waals surface area contributed by atoms with Crippen molar-refractivity contribution in [3.63, 3.8) is 0 Å². The first-order valence-corrected chi connectivity index (χ1v) is 11.3. The van der Waals surface area contributed by atoms with Crippen molar-refractivity contribution in [2.75, 3.05) is 12.3 Å². The number of fused-ring (bicyclic) bond motifs is 1. The zero-order valence-corrected chi connectivity index (χ0v) is 18.1. The van der Waals surface area contributed by atoms with Gasteiger partial charge in [-0.1, -0.05) is 78.3 Å². The molecule has 30 heavy (non-hydrogen) atoms. The molecule has 0 aliphatic carbocycles. The number of rotatable bonds is 8. The molecule has 0 saturated carbocycles. The third-order valence-electron chi connectivity index (χ3n) is 4.99. The minimum atomic E-state index is 0.0545. The molecule has 3 aromatic carbocycles. The van der Waals surface area contributed by atoms with Gasteiger partial charge in [0, 0.05) is 40.1 Å². The molecule has 0 unspecified atom stereocenters. The van der Waals surface area contributed by atoms with Crippen molar-refractivity contribution in [1.29, 1.82) is 0 Å². The summed E-state index contributed by atoms with van der Waals surface area (Å²) in [5.41, 5.74) is 3.45. The topological polar surface area (TPSA) is 34.0 Å². The standard InChI is InChI=1S/C25H23ClN2OS/c26-22-12-6-4-10-20(22)16-28-17-24(21-11-5-7-13-23(21)28)30-18-25(29)27-15-14-19-8-2-1-3-9-19/h1-13,17H,14-16,18H2,(H,27,29). The van der Waals surface area contributed by atoms with Gasteiger partial charge in [-0.25, -0.2) is 0 Å². The van der Waals surface area contributed by atoms with Crippen LogP contribution >= 0.6 is 23.4 Å². The van der Waals surface area contributed by atoms with E-state index in [1.807, 2.05) is 54.6 Å². The van der Waals surface area contributed by atoms with Crippen molar-refractivity contribution < 1.29 is 4.79 Å². The third-order valence-corrected chi connectivity index (χ3v) is 6.40. The maximum Gasteiger partial charge on any atom is 0.230 e. The maximum atomic E-state index is 12.3. The predicted molar refractivity (Wildman–Crippen MR) is 126 cm³/mol. The molecule has 0 atom stereocenters. The van der Waals surface area contributed by atoms with Crippen molar-refractivity contribution >= 4 is 40.2 Å². The summed E-state index contributed by atoms with van der Waals surface area (Å²) in [6.07, 6.45) is 2.96. The van der Waals surface area contributed by atoms with Gasteiger partial charge >= 0.3 is 0 Å². The number of nitrogens with zero attached hydrogens (tertiary/aromatic N) is 1. The second kappa shape index (κ2) is 9.88. The molecule has 1 N–H and O–H groups in total. The molecule has 0 spiro atoms. The lowest BCUT2D eigenvalue weighted by Gasteiger charge is -2.07. The molecule has 0 saturated heterocycles. The van der Waals surface area contributed by atoms with Crippen molar-refractivity contribution in [3.05, 3.63) is 101 Å². The second-order valence-corrected chi connectivity index (χ2v) is 8.53. The first-order valence-electron chi connectivity index (χ1n) is 9.95. The molecule has 1 heterocycles. The van der Waals surface area contributed by atoms with Gasteiger partial charge in [-0.15, -0.1) is 11.8 Å². The fourth-order valence-corrected chi connectivity index (χ4v) is 4.57. The van der Waals surface area contributed by atoms with Crippen LogP contribution in [0.5, 0.6) is 0 Å². The number of thioether (sulfide) groups is 1. The molecule has 0 aliphatic heterocycles. The minimum Gasteiger partial charge on any atom is -0.355 e. The fourth-order valence-electron chi connectivity index (χ4n) is 3.45. The fraction of sp³-hybridized carbons (Fsp3) is 0.160. The van der Waals surface area contributed by atoms with Crippen LogP contribution in [0.4, 0.5) is 0 Å². The van der Waals surface area contributed by atoms with Gasteiger partial charge in [0.1, 0.15) is 0 Å². The lowest BCUT2D eigenvalue weighted by molar-refractivity contribution is -0.118. The smallest absolute Gasteiger partial charge is 0.230 e. The Kier molecular flexibility index (Phi) is 6.77. The van der Waals surface area contributed by atoms with Gasteiger partial charge in [-0.3, -0.25) is 4.79 Å². The first-order chi connectivity index (χ1) is 14.7. The van der Waals surface area contributed by atoms with Crippen LogP contribution in [-0.2, 0) is 17.8 Å². The largest absolute Gasteiger partial charge is 0.355 e. The monoisotopic (exact) mass is 434 g/mol. The summed E-state index contributed by atoms with van der Waals surface area (Å²) in [6, 6.07) is 26.4. The quantitative estimate of drug-likeness (QED) is 0.356. The van der Waals surface area contributed by atoms with Crippen LogP contribution < -0.4 is 5.32 Å². The number of para-hydroxylation sites is 1. The van der Waals surface area contributed by atoms with Gasteiger partial charge in [-0.2, -0.15) is 0 Å². The Morgan fingerprint density at radius 1 is 0.933 bits per heavy atom. The molecule has 152 valence electrons. The van der Waals surface area contributed by atoms with E-state index in [1.54, 1.807) is 11.8 Å². The Hall–Kier alpha value is -2.69. The van der Waals surface area contributed by atoms with Gasteiger partial charge in [0.15, 0.2) is 0 Å². The number of amides is 1. The lowest BCUT2D eigenvalue weighted by Crippen LogP contribution is -2.27. The van der Waals surface area contributed by atoms with E-state index in [4.69, 9.17) is 11.6 Å². The zero-order valence-electron chi connectivity index (χ0n) is 16.6. The van der Waals surface area contributed by atoms with Crippen molar-refractivity contribution in [1.82, 2.24) is 9.88 Å². The highest BCUT2D eigenvalue weighted by atomic mass is 35.5. The third kappa shape index (κ3) is 5.07. The molecule has 0 radical (unpaired) electrons. The molecule has 4 rings (SSSR count). The van der Waals surface area contributed by atoms with Gasteiger partial charge in [-0.05, 0) is 29.7 Å². The van der Waals surface area contributed by atoms with Crippen molar-refractivity contribution in [2.24, 2.45) is 0 Å². The van der Waals surface area contributed by atoms with E-state index in [-0.39, 0.29) is 5.91 Å². The van der Waals surface area contributed by atoms with Gasteiger partial charge in [0.05, 0.1) is 5.75 Å². The Balaban J connectivity index is 1.40. The summed E-state index contributed by atoms with van der Waals surface area (Å²) in [5.74, 6) is 0.452. The van der Waals surface area contributed by atoms with E-state index in [0.29, 0.717) is 18.8 Å². The molecular weight excluding hydrogens is 412 g/mol. The van der Waals surface area contributed by atoms with E-state index in [9.17, 15) is 4.79 Å². The SMILES string of the molecule is O=C(CSc1cn(Cc2ccccc2Cl)c2ccccc12)NCCc1ccccc1. The molecule has 0 bridgehead atoms. The molecular formula is C25H23ClN2OS. The van der Waals surface area contributed by atoms with Crippen LogP contribution in [0.15, 0.2) is 90.0 Å². The lowest BCUT2D eigenvalue weighted by atomic mass is 10.1. The van der Waals surface area contributed by atoms with Crippen LogP contribution in [-0.4, -0.2) is 22.8 Å². The van der Waals surface area contributed by atoms with Crippen LogP contribution in [0, 0.1) is 0 Å². The summed E-state index contributed by atoms with van der Waals surface area (Å²) in [7, 11) is 0. The number of benzene rings is 3. The Labute approximate surface area is 186 Å². The number of hydrogen-bond acceptors (Lipinski definition) is 2. The summed E-state index contributed by atoms with van der Waals surface area (Å²) in [4.78, 5) is 13.4. The predicted octanol–water partition coefficient (Wildman–Crippen LogP) is 5.79. The van der Waals surface area contributed by atoms with Crippen LogP contribution in [0.2, 0.25) is 5.02 Å². The Bertz CT molecular complexity index is 1140. The van der Waals surface area contributed by atoms with Gasteiger partial charge < -0.3 is 9.88 Å². The first kappa shape index (κ1) is 20.6. The molecule has 0 fully saturated rings. The van der Waals surface area contributed by atoms with E-state index in [1.165, 1.54) is 5.56 Å². The minimum absolute atomic E-state index is 0.0545. The zero-order chi connectivity index (χ0) is 20.8. The van der Waals surface area contributed by atoms with Crippen LogP contribution in [0.3, 0.4) is 0 Å². The summed E-state index contributed by atoms with van der Waals surface area (Å²) < 4.78 is 2.20. The average Bonchev–Trinajstić information content (AvgIpc) is 3.12. The van der Waals surface area contributed by atoms with Gasteiger partial charge in [0.25, 0.3) is 0 Å². The maximum absolute atomic E-state index is 12.3. The summed E-state index contributed by atoms with van der Waals surface area (Å²) >= 11 is 7.93. The number of hydrogen-bond donors (Lipinski definition) is 1. The molecule has 5 heteroatoms. The molecule has 3 nitrogen and oxygen atoms in total. The highest BCUT2D eigenvalue weighted by molar-refractivity contribution is 8.00. The Morgan fingerprint density at radius 2 is 1.67 bits per heavy atom. The average molecular weight is 435 g/mol. The summed E-state index contributed by atoms with van der Waals surface area (Å²) in [6.45, 7) is 1.35. The van der Waals surface area contributed by atoms with E-state index in [0.717, 1.165) is 32.8 Å². The van der Waals surface area contributed by atoms with Crippen molar-refractivity contribution in [2.45, 2.75) is 17.9 Å². The van der Waals surface area contributed by atoms with E-state index >= 15 is 0 Å². The van der Waals surface area contributed by atoms with Gasteiger partial charge in [0.2, 0.25) is 5.91 Å². The number of aromatic nitrogens is 1. The van der Waals surface area contributed by atoms with Crippen LogP contribution in [0.1, 0.15) is 11.1 Å². The number of nitrogens with one attached hydrogen (secondary N) is 1. The van der Waals surface area contributed by atoms with E-state index in [2.05, 4.69) is 40.3 Å². The molecule has 4 aromatic rings. The molecule has 1 amide bonds. The second-order valence-electron chi connectivity index (χ2n) is 7.10. The van der Waals surface area contributed by atoms with E-state index < -0.39 is 0 Å². The summed E-state index contributed by atoms with van der Waals surface area (Å²) in [5, 5.41) is 4.94. The number of halogens is 1. The Morgan fingerprint density at radius 3 is 2.50 bits per heavy atom. The number of carbonyl (C=O) groups is 1.